The monoisotopic (exact) mass is 244 g/mol. The summed E-state index contributed by atoms with van der Waals surface area (Å²) >= 11 is 0. The van der Waals surface area contributed by atoms with E-state index in [2.05, 4.69) is 10.3 Å². The molecule has 1 amide bonds. The standard InChI is InChI=1S/C7H10N2O2.3C2H6/c1-4-5(2)11-7(8-4)9-6(3)10;3*1-2/h1-3H3,(H,8,9,10);3*1-2H3. The van der Waals surface area contributed by atoms with E-state index in [1.807, 2.05) is 48.5 Å². The number of anilines is 1. The molecule has 0 saturated carbocycles. The van der Waals surface area contributed by atoms with Gasteiger partial charge in [0.25, 0.3) is 0 Å². The maximum absolute atomic E-state index is 10.5. The number of aryl methyl sites for hydroxylation is 2. The zero-order valence-electron chi connectivity index (χ0n) is 12.8. The van der Waals surface area contributed by atoms with E-state index >= 15 is 0 Å². The molecule has 4 nitrogen and oxygen atoms in total. The summed E-state index contributed by atoms with van der Waals surface area (Å²) in [6, 6.07) is 0.271. The molecule has 1 aromatic heterocycles. The maximum atomic E-state index is 10.5. The smallest absolute Gasteiger partial charge is 0.301 e. The minimum Gasteiger partial charge on any atom is -0.428 e. The van der Waals surface area contributed by atoms with Gasteiger partial charge in [-0.3, -0.25) is 10.1 Å². The second-order valence-electron chi connectivity index (χ2n) is 2.34. The molecule has 0 saturated heterocycles. The molecule has 0 aromatic carbocycles. The van der Waals surface area contributed by atoms with Crippen LogP contribution in [0.3, 0.4) is 0 Å². The number of carbonyl (C=O) groups excluding carboxylic acids is 1. The average Bonchev–Trinajstić information content (AvgIpc) is 2.65. The van der Waals surface area contributed by atoms with Gasteiger partial charge in [0.15, 0.2) is 0 Å². The number of rotatable bonds is 1. The average molecular weight is 244 g/mol. The van der Waals surface area contributed by atoms with Gasteiger partial charge < -0.3 is 4.42 Å². The number of oxazole rings is 1. The third-order valence-electron chi connectivity index (χ3n) is 1.31. The molecule has 1 heterocycles. The third-order valence-corrected chi connectivity index (χ3v) is 1.31. The number of hydrogen-bond donors (Lipinski definition) is 1. The second-order valence-corrected chi connectivity index (χ2v) is 2.34. The van der Waals surface area contributed by atoms with Crippen molar-refractivity contribution in [3.05, 3.63) is 11.5 Å². The van der Waals surface area contributed by atoms with Gasteiger partial charge in [-0.05, 0) is 13.8 Å². The van der Waals surface area contributed by atoms with E-state index in [1.165, 1.54) is 6.92 Å². The van der Waals surface area contributed by atoms with Gasteiger partial charge in [-0.25, -0.2) is 0 Å². The predicted octanol–water partition coefficient (Wildman–Crippen LogP) is 4.33. The Morgan fingerprint density at radius 2 is 1.47 bits per heavy atom. The molecule has 1 rings (SSSR count). The predicted molar refractivity (Wildman–Crippen MR) is 74.3 cm³/mol. The maximum Gasteiger partial charge on any atom is 0.301 e. The van der Waals surface area contributed by atoms with Gasteiger partial charge in [-0.2, -0.15) is 4.98 Å². The van der Waals surface area contributed by atoms with Crippen LogP contribution in [0, 0.1) is 13.8 Å². The third kappa shape index (κ3) is 11.0. The lowest BCUT2D eigenvalue weighted by Crippen LogP contribution is -2.05. The minimum absolute atomic E-state index is 0.175. The quantitative estimate of drug-likeness (QED) is 0.800. The molecule has 0 bridgehead atoms. The van der Waals surface area contributed by atoms with Crippen molar-refractivity contribution < 1.29 is 9.21 Å². The Kier molecular flexibility index (Phi) is 18.1. The van der Waals surface area contributed by atoms with E-state index < -0.39 is 0 Å². The highest BCUT2D eigenvalue weighted by Crippen LogP contribution is 2.11. The van der Waals surface area contributed by atoms with Crippen molar-refractivity contribution in [3.63, 3.8) is 0 Å². The summed E-state index contributed by atoms with van der Waals surface area (Å²) < 4.78 is 5.08. The van der Waals surface area contributed by atoms with E-state index in [0.29, 0.717) is 0 Å². The molecule has 0 spiro atoms. The van der Waals surface area contributed by atoms with E-state index in [-0.39, 0.29) is 11.9 Å². The Hall–Kier alpha value is -1.32. The molecule has 0 radical (unpaired) electrons. The molecule has 0 aliphatic rings. The van der Waals surface area contributed by atoms with Crippen LogP contribution in [0.5, 0.6) is 0 Å². The van der Waals surface area contributed by atoms with Crippen LogP contribution >= 0.6 is 0 Å². The van der Waals surface area contributed by atoms with Crippen LogP contribution in [-0.4, -0.2) is 10.9 Å². The Bertz CT molecular complexity index is 261. The molecular weight excluding hydrogens is 216 g/mol. The Morgan fingerprint density at radius 1 is 1.06 bits per heavy atom. The van der Waals surface area contributed by atoms with Crippen LogP contribution in [-0.2, 0) is 4.79 Å². The summed E-state index contributed by atoms with van der Waals surface area (Å²) in [5, 5.41) is 2.45. The topological polar surface area (TPSA) is 55.1 Å². The van der Waals surface area contributed by atoms with Gasteiger partial charge in [-0.1, -0.05) is 41.5 Å². The normalized spacial score (nSPS) is 7.35. The fourth-order valence-electron chi connectivity index (χ4n) is 0.677. The molecule has 0 fully saturated rings. The summed E-state index contributed by atoms with van der Waals surface area (Å²) in [5.74, 6) is 0.556. The van der Waals surface area contributed by atoms with Crippen molar-refractivity contribution in [1.82, 2.24) is 4.98 Å². The first kappa shape index (κ1) is 21.0. The zero-order chi connectivity index (χ0) is 14.4. The fourth-order valence-corrected chi connectivity index (χ4v) is 0.677. The van der Waals surface area contributed by atoms with Crippen LogP contribution in [0.15, 0.2) is 4.42 Å². The first-order valence-electron chi connectivity index (χ1n) is 6.31. The molecule has 0 aliphatic heterocycles. The Balaban J connectivity index is -0.000000285. The minimum atomic E-state index is -0.175. The van der Waals surface area contributed by atoms with E-state index in [0.717, 1.165) is 11.5 Å². The number of nitrogens with one attached hydrogen (secondary N) is 1. The lowest BCUT2D eigenvalue weighted by atomic mass is 10.4. The van der Waals surface area contributed by atoms with Gasteiger partial charge in [0.05, 0.1) is 5.69 Å². The molecule has 1 N–H and O–H groups in total. The molecule has 1 aromatic rings. The fraction of sp³-hybridized carbons (Fsp3) is 0.692. The van der Waals surface area contributed by atoms with Crippen molar-refractivity contribution >= 4 is 11.9 Å². The van der Waals surface area contributed by atoms with Crippen molar-refractivity contribution in [2.24, 2.45) is 0 Å². The van der Waals surface area contributed by atoms with Crippen molar-refractivity contribution in [1.29, 1.82) is 0 Å². The number of nitrogens with zero attached hydrogens (tertiary/aromatic N) is 1. The van der Waals surface area contributed by atoms with E-state index in [4.69, 9.17) is 4.42 Å². The number of hydrogen-bond acceptors (Lipinski definition) is 3. The number of aromatic nitrogens is 1. The molecule has 0 atom stereocenters. The summed E-state index contributed by atoms with van der Waals surface area (Å²) in [4.78, 5) is 14.5. The molecular formula is C13H28N2O2. The van der Waals surface area contributed by atoms with Crippen molar-refractivity contribution in [3.8, 4) is 0 Å². The van der Waals surface area contributed by atoms with Crippen LogP contribution in [0.25, 0.3) is 0 Å². The van der Waals surface area contributed by atoms with E-state index in [9.17, 15) is 4.79 Å². The number of amides is 1. The highest BCUT2D eigenvalue weighted by molar-refractivity contribution is 5.86. The Labute approximate surface area is 106 Å². The van der Waals surface area contributed by atoms with Crippen LogP contribution in [0.4, 0.5) is 6.01 Å². The van der Waals surface area contributed by atoms with Crippen molar-refractivity contribution in [2.45, 2.75) is 62.3 Å². The highest BCUT2D eigenvalue weighted by Gasteiger charge is 2.05. The molecule has 0 unspecified atom stereocenters. The largest absolute Gasteiger partial charge is 0.428 e. The van der Waals surface area contributed by atoms with Crippen LogP contribution < -0.4 is 5.32 Å². The first-order valence-corrected chi connectivity index (χ1v) is 6.31. The highest BCUT2D eigenvalue weighted by atomic mass is 16.4. The molecule has 0 aliphatic carbocycles. The van der Waals surface area contributed by atoms with Gasteiger partial charge in [-0.15, -0.1) is 0 Å². The van der Waals surface area contributed by atoms with Gasteiger partial charge >= 0.3 is 6.01 Å². The zero-order valence-corrected chi connectivity index (χ0v) is 12.8. The SMILES string of the molecule is CC.CC.CC.CC(=O)Nc1nc(C)c(C)o1. The van der Waals surface area contributed by atoms with E-state index in [1.54, 1.807) is 6.92 Å². The van der Waals surface area contributed by atoms with Gasteiger partial charge in [0, 0.05) is 6.92 Å². The first-order chi connectivity index (χ1) is 8.09. The lowest BCUT2D eigenvalue weighted by molar-refractivity contribution is -0.114. The molecule has 17 heavy (non-hydrogen) atoms. The molecule has 4 heteroatoms. The summed E-state index contributed by atoms with van der Waals surface area (Å²) in [6.45, 7) is 17.0. The summed E-state index contributed by atoms with van der Waals surface area (Å²) in [7, 11) is 0. The van der Waals surface area contributed by atoms with Crippen LogP contribution in [0.1, 0.15) is 59.9 Å². The summed E-state index contributed by atoms with van der Waals surface area (Å²) in [5.41, 5.74) is 0.800. The van der Waals surface area contributed by atoms with Gasteiger partial charge in [0.1, 0.15) is 5.76 Å². The Morgan fingerprint density at radius 3 is 1.71 bits per heavy atom. The van der Waals surface area contributed by atoms with Crippen molar-refractivity contribution in [2.75, 3.05) is 5.32 Å². The van der Waals surface area contributed by atoms with Gasteiger partial charge in [0.2, 0.25) is 5.91 Å². The molecule has 102 valence electrons. The number of carbonyl (C=O) groups is 1. The summed E-state index contributed by atoms with van der Waals surface area (Å²) in [6.07, 6.45) is 0. The van der Waals surface area contributed by atoms with Crippen LogP contribution in [0.2, 0.25) is 0 Å². The lowest BCUT2D eigenvalue weighted by Gasteiger charge is -1.90. The second kappa shape index (κ2) is 14.7.